The molecule has 3 amide bonds. The van der Waals surface area contributed by atoms with Crippen molar-refractivity contribution in [2.24, 2.45) is 11.7 Å². The van der Waals surface area contributed by atoms with E-state index < -0.39 is 11.7 Å². The van der Waals surface area contributed by atoms with Gasteiger partial charge in [-0.3, -0.25) is 14.4 Å². The Morgan fingerprint density at radius 3 is 2.66 bits per heavy atom. The lowest BCUT2D eigenvalue weighted by molar-refractivity contribution is -0.121. The molecule has 0 unspecified atom stereocenters. The summed E-state index contributed by atoms with van der Waals surface area (Å²) in [4.78, 5) is 45.5. The van der Waals surface area contributed by atoms with E-state index in [-0.39, 0.29) is 40.2 Å². The van der Waals surface area contributed by atoms with Crippen LogP contribution in [-0.4, -0.2) is 58.9 Å². The molecule has 2 aromatic rings. The molecule has 1 fully saturated rings. The van der Waals surface area contributed by atoms with E-state index in [1.807, 2.05) is 0 Å². The third kappa shape index (κ3) is 5.43. The van der Waals surface area contributed by atoms with E-state index in [4.69, 9.17) is 22.1 Å². The zero-order valence-electron chi connectivity index (χ0n) is 17.6. The minimum absolute atomic E-state index is 0.0411. The number of methoxy groups -OCH3 is 1. The molecule has 9 nitrogen and oxygen atoms in total. The Bertz CT molecular complexity index is 990. The van der Waals surface area contributed by atoms with Crippen molar-refractivity contribution < 1.29 is 23.5 Å². The maximum Gasteiger partial charge on any atom is 0.273 e. The van der Waals surface area contributed by atoms with Gasteiger partial charge in [-0.25, -0.2) is 9.37 Å². The van der Waals surface area contributed by atoms with Gasteiger partial charge in [-0.2, -0.15) is 0 Å². The summed E-state index contributed by atoms with van der Waals surface area (Å²) in [5.41, 5.74) is 5.61. The number of H-pyrrole nitrogens is 1. The number of imidazole rings is 1. The Morgan fingerprint density at radius 1 is 1.31 bits per heavy atom. The van der Waals surface area contributed by atoms with Crippen LogP contribution in [0.1, 0.15) is 46.7 Å². The number of nitrogens with zero attached hydrogens (tertiary/aromatic N) is 2. The summed E-state index contributed by atoms with van der Waals surface area (Å²) in [5.74, 6) is -2.12. The molecule has 0 saturated heterocycles. The van der Waals surface area contributed by atoms with Crippen molar-refractivity contribution >= 4 is 35.0 Å². The molecule has 1 aromatic heterocycles. The third-order valence-electron chi connectivity index (χ3n) is 5.58. The molecule has 0 radical (unpaired) electrons. The van der Waals surface area contributed by atoms with Gasteiger partial charge in [0, 0.05) is 25.6 Å². The smallest absolute Gasteiger partial charge is 0.273 e. The summed E-state index contributed by atoms with van der Waals surface area (Å²) in [7, 11) is 1.54. The molecule has 3 rings (SSSR count). The predicted molar refractivity (Wildman–Crippen MR) is 116 cm³/mol. The third-order valence-corrected chi connectivity index (χ3v) is 5.89. The summed E-state index contributed by atoms with van der Waals surface area (Å²) in [6, 6.07) is 3.66. The topological polar surface area (TPSA) is 130 Å². The molecule has 0 spiro atoms. The van der Waals surface area contributed by atoms with E-state index >= 15 is 0 Å². The highest BCUT2D eigenvalue weighted by molar-refractivity contribution is 6.33. The maximum atomic E-state index is 13.2. The number of nitrogens with one attached hydrogen (secondary N) is 2. The lowest BCUT2D eigenvalue weighted by Gasteiger charge is -2.36. The molecule has 11 heteroatoms. The number of benzene rings is 1. The van der Waals surface area contributed by atoms with Crippen LogP contribution in [-0.2, 0) is 9.53 Å². The molecule has 1 aromatic carbocycles. The first-order chi connectivity index (χ1) is 15.3. The van der Waals surface area contributed by atoms with Crippen LogP contribution in [0.3, 0.4) is 0 Å². The molecule has 172 valence electrons. The summed E-state index contributed by atoms with van der Waals surface area (Å²) in [6.45, 7) is 0.633. The van der Waals surface area contributed by atoms with Crippen LogP contribution in [0.15, 0.2) is 24.5 Å². The average Bonchev–Trinajstić information content (AvgIpc) is 3.26. The minimum atomic E-state index is -0.791. The van der Waals surface area contributed by atoms with Crippen molar-refractivity contribution in [1.82, 2.24) is 14.9 Å². The average molecular weight is 466 g/mol. The molecule has 0 aliphatic heterocycles. The van der Waals surface area contributed by atoms with Crippen molar-refractivity contribution in [3.63, 3.8) is 0 Å². The van der Waals surface area contributed by atoms with Crippen LogP contribution in [0.4, 0.5) is 10.1 Å². The Hall–Kier alpha value is -2.98. The standard InChI is InChI=1S/C21H25ClFN5O4/c1-32-9-8-28(21(31)18-17(19(24)29)25-11-26-18)14-5-2-12(3-6-14)20(30)27-16-7-4-13(23)10-15(16)22/h4,7,10-12,14H,2-3,5-6,8-9H2,1H3,(H2,24,29)(H,25,26)(H,27,30). The molecular weight excluding hydrogens is 441 g/mol. The lowest BCUT2D eigenvalue weighted by atomic mass is 9.84. The number of carbonyl (C=O) groups excluding carboxylic acids is 3. The fraction of sp³-hybridized carbons (Fsp3) is 0.429. The quantitative estimate of drug-likeness (QED) is 0.551. The summed E-state index contributed by atoms with van der Waals surface area (Å²) < 4.78 is 18.4. The van der Waals surface area contributed by atoms with Crippen LogP contribution in [0.25, 0.3) is 0 Å². The second-order valence-electron chi connectivity index (χ2n) is 7.60. The van der Waals surface area contributed by atoms with Gasteiger partial charge in [-0.1, -0.05) is 11.6 Å². The zero-order chi connectivity index (χ0) is 23.3. The van der Waals surface area contributed by atoms with E-state index in [0.717, 1.165) is 6.07 Å². The molecular formula is C21H25ClFN5O4. The molecule has 4 N–H and O–H groups in total. The highest BCUT2D eigenvalue weighted by Crippen LogP contribution is 2.31. The second-order valence-corrected chi connectivity index (χ2v) is 8.01. The summed E-state index contributed by atoms with van der Waals surface area (Å²) >= 11 is 5.99. The van der Waals surface area contributed by atoms with Gasteiger partial charge in [0.15, 0.2) is 5.69 Å². The monoisotopic (exact) mass is 465 g/mol. The summed E-state index contributed by atoms with van der Waals surface area (Å²) in [6.07, 6.45) is 3.54. The number of halogens is 2. The number of hydrogen-bond acceptors (Lipinski definition) is 5. The first kappa shape index (κ1) is 23.7. The van der Waals surface area contributed by atoms with Crippen molar-refractivity contribution in [3.8, 4) is 0 Å². The zero-order valence-corrected chi connectivity index (χ0v) is 18.3. The minimum Gasteiger partial charge on any atom is -0.383 e. The van der Waals surface area contributed by atoms with Gasteiger partial charge >= 0.3 is 0 Å². The lowest BCUT2D eigenvalue weighted by Crippen LogP contribution is -2.45. The van der Waals surface area contributed by atoms with Crippen LogP contribution in [0, 0.1) is 11.7 Å². The first-order valence-electron chi connectivity index (χ1n) is 10.2. The predicted octanol–water partition coefficient (Wildman–Crippen LogP) is 2.59. The molecule has 1 heterocycles. The maximum absolute atomic E-state index is 13.2. The van der Waals surface area contributed by atoms with E-state index in [2.05, 4.69) is 15.3 Å². The van der Waals surface area contributed by atoms with Gasteiger partial charge in [-0.05, 0) is 43.9 Å². The van der Waals surface area contributed by atoms with Gasteiger partial charge in [0.2, 0.25) is 5.91 Å². The first-order valence-corrected chi connectivity index (χ1v) is 10.6. The molecule has 1 aliphatic rings. The van der Waals surface area contributed by atoms with Crippen molar-refractivity contribution in [1.29, 1.82) is 0 Å². The fourth-order valence-electron chi connectivity index (χ4n) is 3.90. The number of anilines is 1. The number of carbonyl (C=O) groups is 3. The van der Waals surface area contributed by atoms with Crippen LogP contribution >= 0.6 is 11.6 Å². The highest BCUT2D eigenvalue weighted by Gasteiger charge is 2.34. The number of hydrogen-bond donors (Lipinski definition) is 3. The normalized spacial score (nSPS) is 18.2. The van der Waals surface area contributed by atoms with E-state index in [1.165, 1.54) is 25.6 Å². The molecule has 0 atom stereocenters. The Kier molecular flexibility index (Phi) is 7.81. The van der Waals surface area contributed by atoms with Gasteiger partial charge in [0.05, 0.1) is 23.6 Å². The summed E-state index contributed by atoms with van der Waals surface area (Å²) in [5, 5.41) is 2.88. The van der Waals surface area contributed by atoms with E-state index in [0.29, 0.717) is 44.5 Å². The number of amides is 3. The van der Waals surface area contributed by atoms with Crippen LogP contribution in [0.2, 0.25) is 5.02 Å². The fourth-order valence-corrected chi connectivity index (χ4v) is 4.12. The molecule has 0 bridgehead atoms. The molecule has 1 aliphatic carbocycles. The van der Waals surface area contributed by atoms with Gasteiger partial charge < -0.3 is 25.7 Å². The SMILES string of the molecule is COCCN(C(=O)c1[nH]cnc1C(N)=O)C1CCC(C(=O)Nc2ccc(F)cc2Cl)CC1. The number of rotatable bonds is 8. The Labute approximate surface area is 189 Å². The largest absolute Gasteiger partial charge is 0.383 e. The number of aromatic nitrogens is 2. The van der Waals surface area contributed by atoms with Crippen LogP contribution in [0.5, 0.6) is 0 Å². The van der Waals surface area contributed by atoms with Gasteiger partial charge in [0.1, 0.15) is 11.5 Å². The van der Waals surface area contributed by atoms with Crippen molar-refractivity contribution in [2.75, 3.05) is 25.6 Å². The molecule has 1 saturated carbocycles. The Morgan fingerprint density at radius 2 is 2.03 bits per heavy atom. The number of aromatic amines is 1. The second kappa shape index (κ2) is 10.6. The van der Waals surface area contributed by atoms with E-state index in [1.54, 1.807) is 4.90 Å². The number of ether oxygens (including phenoxy) is 1. The van der Waals surface area contributed by atoms with Gasteiger partial charge in [0.25, 0.3) is 11.8 Å². The highest BCUT2D eigenvalue weighted by atomic mass is 35.5. The van der Waals surface area contributed by atoms with Crippen molar-refractivity contribution in [3.05, 3.63) is 46.8 Å². The molecule has 32 heavy (non-hydrogen) atoms. The Balaban J connectivity index is 1.65. The van der Waals surface area contributed by atoms with Crippen molar-refractivity contribution in [2.45, 2.75) is 31.7 Å². The number of nitrogens with two attached hydrogens (primary N) is 1. The van der Waals surface area contributed by atoms with Crippen LogP contribution < -0.4 is 11.1 Å². The number of primary amides is 1. The van der Waals surface area contributed by atoms with E-state index in [9.17, 15) is 18.8 Å². The van der Waals surface area contributed by atoms with Gasteiger partial charge in [-0.15, -0.1) is 0 Å².